The minimum atomic E-state index is -3.85. The van der Waals surface area contributed by atoms with Gasteiger partial charge in [0.15, 0.2) is 6.10 Å². The van der Waals surface area contributed by atoms with Crippen molar-refractivity contribution in [2.45, 2.75) is 48.7 Å². The third-order valence-electron chi connectivity index (χ3n) is 5.40. The summed E-state index contributed by atoms with van der Waals surface area (Å²) in [5.74, 6) is -4.88. The van der Waals surface area contributed by atoms with Crippen molar-refractivity contribution in [2.75, 3.05) is 0 Å². The average molecular weight is 378 g/mol. The Labute approximate surface area is 154 Å². The number of rotatable bonds is 4. The molecule has 1 aliphatic carbocycles. The molecule has 0 aromatic heterocycles. The standard InChI is InChI=1S/C20H20F2O5/c21-20(22)17(26-11-12-7-3-1-4-8-12)19(25)14(13-9-5-2-6-10-13)15(23)16(19)27-18(20)24/h1-10,14-18,23-25H,11H2/t14?,15?,16-,17+,18?,19-/m1/s1. The summed E-state index contributed by atoms with van der Waals surface area (Å²) in [6.45, 7) is -0.180. The molecule has 1 saturated carbocycles. The number of fused-ring (bicyclic) bond motifs is 1. The quantitative estimate of drug-likeness (QED) is 0.756. The second kappa shape index (κ2) is 6.61. The normalized spacial score (nSPS) is 37.3. The summed E-state index contributed by atoms with van der Waals surface area (Å²) in [6.07, 6.45) is -7.15. The van der Waals surface area contributed by atoms with E-state index in [9.17, 15) is 24.1 Å². The van der Waals surface area contributed by atoms with Gasteiger partial charge in [0.1, 0.15) is 11.7 Å². The van der Waals surface area contributed by atoms with Crippen LogP contribution in [-0.4, -0.2) is 51.4 Å². The van der Waals surface area contributed by atoms with Gasteiger partial charge in [-0.1, -0.05) is 60.7 Å². The van der Waals surface area contributed by atoms with Crippen LogP contribution in [0.1, 0.15) is 17.0 Å². The van der Waals surface area contributed by atoms with Crippen molar-refractivity contribution in [1.82, 2.24) is 0 Å². The fourth-order valence-corrected chi connectivity index (χ4v) is 4.07. The van der Waals surface area contributed by atoms with Gasteiger partial charge in [-0.15, -0.1) is 0 Å². The molecule has 6 atom stereocenters. The lowest BCUT2D eigenvalue weighted by atomic mass is 9.56. The molecule has 2 aromatic carbocycles. The maximum Gasteiger partial charge on any atom is 0.326 e. The van der Waals surface area contributed by atoms with Crippen LogP contribution in [0.4, 0.5) is 8.78 Å². The lowest BCUT2D eigenvalue weighted by Gasteiger charge is -2.62. The van der Waals surface area contributed by atoms with Crippen LogP contribution in [0.3, 0.4) is 0 Å². The number of alkyl halides is 2. The van der Waals surface area contributed by atoms with Crippen LogP contribution in [0, 0.1) is 0 Å². The highest BCUT2D eigenvalue weighted by molar-refractivity contribution is 5.36. The zero-order chi connectivity index (χ0) is 19.2. The van der Waals surface area contributed by atoms with Crippen molar-refractivity contribution in [3.63, 3.8) is 0 Å². The minimum absolute atomic E-state index is 0.180. The fourth-order valence-electron chi connectivity index (χ4n) is 4.07. The molecular weight excluding hydrogens is 358 g/mol. The number of hydrogen-bond donors (Lipinski definition) is 3. The van der Waals surface area contributed by atoms with Gasteiger partial charge >= 0.3 is 5.92 Å². The van der Waals surface area contributed by atoms with Crippen LogP contribution >= 0.6 is 0 Å². The molecule has 3 N–H and O–H groups in total. The number of ether oxygens (including phenoxy) is 2. The van der Waals surface area contributed by atoms with Gasteiger partial charge in [-0.3, -0.25) is 0 Å². The Morgan fingerprint density at radius 3 is 2.19 bits per heavy atom. The lowest BCUT2D eigenvalue weighted by Crippen LogP contribution is -2.82. The monoisotopic (exact) mass is 378 g/mol. The van der Waals surface area contributed by atoms with Gasteiger partial charge in [0.25, 0.3) is 0 Å². The number of hydrogen-bond acceptors (Lipinski definition) is 5. The predicted molar refractivity (Wildman–Crippen MR) is 91.0 cm³/mol. The van der Waals surface area contributed by atoms with Gasteiger partial charge in [0.2, 0.25) is 6.29 Å². The fraction of sp³-hybridized carbons (Fsp3) is 0.400. The first-order valence-corrected chi connectivity index (χ1v) is 8.69. The average Bonchev–Trinajstić information content (AvgIpc) is 2.66. The second-order valence-corrected chi connectivity index (χ2v) is 7.03. The molecule has 0 spiro atoms. The Kier molecular flexibility index (Phi) is 4.52. The molecule has 2 aromatic rings. The Hall–Kier alpha value is -1.90. The first kappa shape index (κ1) is 18.5. The summed E-state index contributed by atoms with van der Waals surface area (Å²) in [7, 11) is 0. The van der Waals surface area contributed by atoms with E-state index in [1.165, 1.54) is 0 Å². The van der Waals surface area contributed by atoms with E-state index in [0.29, 0.717) is 11.1 Å². The highest BCUT2D eigenvalue weighted by Gasteiger charge is 2.77. The van der Waals surface area contributed by atoms with E-state index in [1.54, 1.807) is 60.7 Å². The largest absolute Gasteiger partial charge is 0.390 e. The van der Waals surface area contributed by atoms with Crippen molar-refractivity contribution in [2.24, 2.45) is 0 Å². The molecule has 3 unspecified atom stereocenters. The highest BCUT2D eigenvalue weighted by atomic mass is 19.3. The summed E-state index contributed by atoms with van der Waals surface area (Å²) >= 11 is 0. The Balaban J connectivity index is 1.68. The Morgan fingerprint density at radius 2 is 1.56 bits per heavy atom. The molecule has 27 heavy (non-hydrogen) atoms. The summed E-state index contributed by atoms with van der Waals surface area (Å²) in [6, 6.07) is 17.1. The predicted octanol–water partition coefficient (Wildman–Crippen LogP) is 1.81. The molecule has 1 saturated heterocycles. The minimum Gasteiger partial charge on any atom is -0.390 e. The van der Waals surface area contributed by atoms with Crippen LogP contribution in [0.25, 0.3) is 0 Å². The van der Waals surface area contributed by atoms with E-state index >= 15 is 0 Å². The van der Waals surface area contributed by atoms with E-state index in [1.807, 2.05) is 0 Å². The van der Waals surface area contributed by atoms with Crippen molar-refractivity contribution in [3.8, 4) is 0 Å². The van der Waals surface area contributed by atoms with Crippen molar-refractivity contribution in [3.05, 3.63) is 71.8 Å². The van der Waals surface area contributed by atoms with E-state index in [0.717, 1.165) is 0 Å². The molecular formula is C20H20F2O5. The Bertz CT molecular complexity index is 787. The zero-order valence-electron chi connectivity index (χ0n) is 14.3. The highest BCUT2D eigenvalue weighted by Crippen LogP contribution is 2.57. The molecule has 1 aliphatic heterocycles. The van der Waals surface area contributed by atoms with Crippen LogP contribution in [0.15, 0.2) is 60.7 Å². The number of aliphatic hydroxyl groups excluding tert-OH is 2. The molecule has 2 aliphatic rings. The topological polar surface area (TPSA) is 79.2 Å². The number of benzene rings is 2. The van der Waals surface area contributed by atoms with Crippen molar-refractivity contribution < 1.29 is 33.6 Å². The third kappa shape index (κ3) is 2.78. The number of aliphatic hydroxyl groups is 3. The van der Waals surface area contributed by atoms with Crippen molar-refractivity contribution in [1.29, 1.82) is 0 Å². The van der Waals surface area contributed by atoms with Crippen LogP contribution in [0.5, 0.6) is 0 Å². The van der Waals surface area contributed by atoms with Gasteiger partial charge in [0.05, 0.1) is 12.7 Å². The van der Waals surface area contributed by atoms with Gasteiger partial charge < -0.3 is 24.8 Å². The first-order chi connectivity index (χ1) is 12.9. The molecule has 1 heterocycles. The summed E-state index contributed by atoms with van der Waals surface area (Å²) in [5, 5.41) is 31.4. The molecule has 0 radical (unpaired) electrons. The third-order valence-corrected chi connectivity index (χ3v) is 5.40. The number of halogens is 2. The van der Waals surface area contributed by atoms with Gasteiger partial charge in [-0.2, -0.15) is 8.78 Å². The molecule has 4 rings (SSSR count). The van der Waals surface area contributed by atoms with E-state index in [2.05, 4.69) is 0 Å². The van der Waals surface area contributed by atoms with Crippen LogP contribution < -0.4 is 0 Å². The van der Waals surface area contributed by atoms with Crippen LogP contribution in [-0.2, 0) is 16.1 Å². The van der Waals surface area contributed by atoms with Crippen molar-refractivity contribution >= 4 is 0 Å². The van der Waals surface area contributed by atoms with E-state index in [-0.39, 0.29) is 6.61 Å². The van der Waals surface area contributed by atoms with Crippen LogP contribution in [0.2, 0.25) is 0 Å². The second-order valence-electron chi connectivity index (χ2n) is 7.03. The molecule has 0 bridgehead atoms. The SMILES string of the molecule is OC1C(c2ccccc2)[C@@]2(O)[C@@H]1OC(O)C(F)(F)[C@H]2OCc1ccccc1. The summed E-state index contributed by atoms with van der Waals surface area (Å²) in [5.41, 5.74) is -1.04. The molecule has 7 heteroatoms. The maximum atomic E-state index is 14.7. The van der Waals surface area contributed by atoms with E-state index in [4.69, 9.17) is 9.47 Å². The maximum absolute atomic E-state index is 14.7. The Morgan fingerprint density at radius 1 is 0.963 bits per heavy atom. The van der Waals surface area contributed by atoms with Gasteiger partial charge in [-0.25, -0.2) is 0 Å². The molecule has 5 nitrogen and oxygen atoms in total. The molecule has 0 amide bonds. The first-order valence-electron chi connectivity index (χ1n) is 8.69. The molecule has 2 fully saturated rings. The van der Waals surface area contributed by atoms with Gasteiger partial charge in [-0.05, 0) is 11.1 Å². The molecule has 144 valence electrons. The smallest absolute Gasteiger partial charge is 0.326 e. The summed E-state index contributed by atoms with van der Waals surface area (Å²) in [4.78, 5) is 0. The zero-order valence-corrected chi connectivity index (χ0v) is 14.3. The van der Waals surface area contributed by atoms with E-state index < -0.39 is 42.0 Å². The van der Waals surface area contributed by atoms with Gasteiger partial charge in [0, 0.05) is 5.92 Å². The lowest BCUT2D eigenvalue weighted by molar-refractivity contribution is -0.425. The summed E-state index contributed by atoms with van der Waals surface area (Å²) < 4.78 is 39.8.